The van der Waals surface area contributed by atoms with Crippen LogP contribution in [-0.2, 0) is 0 Å². The van der Waals surface area contributed by atoms with Gasteiger partial charge in [0.15, 0.2) is 11.5 Å². The van der Waals surface area contributed by atoms with E-state index >= 15 is 0 Å². The number of amides is 1. The highest BCUT2D eigenvalue weighted by atomic mass is 79.9. The number of aromatic nitrogens is 1. The molecule has 4 aromatic rings. The van der Waals surface area contributed by atoms with E-state index in [-0.39, 0.29) is 5.91 Å². The highest BCUT2D eigenvalue weighted by Gasteiger charge is 2.15. The summed E-state index contributed by atoms with van der Waals surface area (Å²) >= 11 is 3.43. The van der Waals surface area contributed by atoms with Gasteiger partial charge in [0.25, 0.3) is 5.91 Å². The molecule has 8 heteroatoms. The van der Waals surface area contributed by atoms with Crippen LogP contribution in [0.25, 0.3) is 22.2 Å². The Morgan fingerprint density at radius 3 is 2.41 bits per heavy atom. The normalized spacial score (nSPS) is 10.9. The molecule has 0 radical (unpaired) electrons. The molecular weight excluding hydrogens is 498 g/mol. The van der Waals surface area contributed by atoms with Gasteiger partial charge in [-0.25, -0.2) is 10.4 Å². The summed E-state index contributed by atoms with van der Waals surface area (Å²) in [6.07, 6.45) is 1.54. The largest absolute Gasteiger partial charge is 0.496 e. The molecule has 7 nitrogen and oxygen atoms in total. The molecule has 0 unspecified atom stereocenters. The fraction of sp³-hybridized carbons (Fsp3) is 0.115. The van der Waals surface area contributed by atoms with Gasteiger partial charge in [0, 0.05) is 21.0 Å². The first kappa shape index (κ1) is 23.3. The Morgan fingerprint density at radius 1 is 0.912 bits per heavy atom. The van der Waals surface area contributed by atoms with Crippen LogP contribution in [-0.4, -0.2) is 38.4 Å². The highest BCUT2D eigenvalue weighted by molar-refractivity contribution is 9.10. The second-order valence-electron chi connectivity index (χ2n) is 7.23. The van der Waals surface area contributed by atoms with Crippen LogP contribution in [0.2, 0.25) is 0 Å². The van der Waals surface area contributed by atoms with Crippen molar-refractivity contribution in [3.63, 3.8) is 0 Å². The van der Waals surface area contributed by atoms with Gasteiger partial charge < -0.3 is 14.2 Å². The molecule has 0 bridgehead atoms. The number of ether oxygens (including phenoxy) is 3. The van der Waals surface area contributed by atoms with Crippen LogP contribution in [0.1, 0.15) is 15.9 Å². The van der Waals surface area contributed by atoms with Gasteiger partial charge in [0.1, 0.15) is 5.75 Å². The molecule has 0 spiro atoms. The van der Waals surface area contributed by atoms with Crippen molar-refractivity contribution in [3.05, 3.63) is 82.3 Å². The SMILES string of the molecule is COc1ccc(Br)cc1C=NNC(=O)c1cc(-c2ccc(OC)c(OC)c2)nc2ccccc12. The Kier molecular flexibility index (Phi) is 7.08. The Bertz CT molecular complexity index is 1390. The minimum atomic E-state index is -0.356. The Morgan fingerprint density at radius 2 is 1.65 bits per heavy atom. The van der Waals surface area contributed by atoms with Crippen LogP contribution in [0.4, 0.5) is 0 Å². The number of methoxy groups -OCH3 is 3. The molecule has 0 aliphatic carbocycles. The van der Waals surface area contributed by atoms with E-state index in [0.717, 1.165) is 21.0 Å². The maximum absolute atomic E-state index is 13.1. The lowest BCUT2D eigenvalue weighted by Gasteiger charge is -2.12. The first-order valence-electron chi connectivity index (χ1n) is 10.3. The molecule has 0 saturated heterocycles. The van der Waals surface area contributed by atoms with E-state index in [1.54, 1.807) is 39.7 Å². The standard InChI is InChI=1S/C26H22BrN3O4/c1-32-23-11-9-18(27)12-17(23)15-28-30-26(31)20-14-22(29-21-7-5-4-6-19(20)21)16-8-10-24(33-2)25(13-16)34-3/h4-15H,1-3H3,(H,30,31). The first-order chi connectivity index (χ1) is 16.5. The summed E-state index contributed by atoms with van der Waals surface area (Å²) in [5, 5.41) is 4.87. The van der Waals surface area contributed by atoms with E-state index in [1.165, 1.54) is 0 Å². The number of rotatable bonds is 7. The number of nitrogens with zero attached hydrogens (tertiary/aromatic N) is 2. The molecule has 1 heterocycles. The van der Waals surface area contributed by atoms with E-state index in [2.05, 4.69) is 26.5 Å². The van der Waals surface area contributed by atoms with Crippen LogP contribution in [0.3, 0.4) is 0 Å². The number of hydrazone groups is 1. The quantitative estimate of drug-likeness (QED) is 0.259. The summed E-state index contributed by atoms with van der Waals surface area (Å²) in [4.78, 5) is 17.9. The molecule has 0 fully saturated rings. The van der Waals surface area contributed by atoms with E-state index in [9.17, 15) is 4.79 Å². The molecule has 0 aliphatic heterocycles. The molecule has 34 heavy (non-hydrogen) atoms. The fourth-order valence-electron chi connectivity index (χ4n) is 3.53. The molecule has 1 amide bonds. The number of para-hydroxylation sites is 1. The Balaban J connectivity index is 1.70. The molecule has 0 atom stereocenters. The summed E-state index contributed by atoms with van der Waals surface area (Å²) in [7, 11) is 4.74. The number of carbonyl (C=O) groups is 1. The minimum Gasteiger partial charge on any atom is -0.496 e. The number of hydrogen-bond donors (Lipinski definition) is 1. The molecule has 172 valence electrons. The lowest BCUT2D eigenvalue weighted by molar-refractivity contribution is 0.0956. The molecule has 0 saturated carbocycles. The number of hydrogen-bond acceptors (Lipinski definition) is 6. The number of benzene rings is 3. The van der Waals surface area contributed by atoms with Crippen LogP contribution >= 0.6 is 15.9 Å². The van der Waals surface area contributed by atoms with Gasteiger partial charge in [-0.15, -0.1) is 0 Å². The predicted molar refractivity (Wildman–Crippen MR) is 136 cm³/mol. The van der Waals surface area contributed by atoms with Crippen molar-refractivity contribution in [3.8, 4) is 28.5 Å². The van der Waals surface area contributed by atoms with Crippen LogP contribution < -0.4 is 19.6 Å². The molecule has 4 rings (SSSR count). The monoisotopic (exact) mass is 519 g/mol. The smallest absolute Gasteiger partial charge is 0.272 e. The van der Waals surface area contributed by atoms with Crippen molar-refractivity contribution in [2.24, 2.45) is 5.10 Å². The van der Waals surface area contributed by atoms with Crippen LogP contribution in [0.15, 0.2) is 76.3 Å². The molecule has 1 aromatic heterocycles. The van der Waals surface area contributed by atoms with Crippen LogP contribution in [0.5, 0.6) is 17.2 Å². The Hall–Kier alpha value is -3.91. The van der Waals surface area contributed by atoms with Crippen molar-refractivity contribution in [1.29, 1.82) is 0 Å². The molecular formula is C26H22BrN3O4. The topological polar surface area (TPSA) is 82.0 Å². The van der Waals surface area contributed by atoms with Gasteiger partial charge in [-0.1, -0.05) is 34.1 Å². The maximum Gasteiger partial charge on any atom is 0.272 e. The number of pyridine rings is 1. The third kappa shape index (κ3) is 4.87. The van der Waals surface area contributed by atoms with E-state index < -0.39 is 0 Å². The van der Waals surface area contributed by atoms with Crippen molar-refractivity contribution in [2.45, 2.75) is 0 Å². The van der Waals surface area contributed by atoms with Gasteiger partial charge in [-0.05, 0) is 48.5 Å². The summed E-state index contributed by atoms with van der Waals surface area (Å²) in [5.41, 5.74) is 5.91. The zero-order chi connectivity index (χ0) is 24.1. The molecule has 0 aliphatic rings. The maximum atomic E-state index is 13.1. The number of fused-ring (bicyclic) bond motifs is 1. The highest BCUT2D eigenvalue weighted by Crippen LogP contribution is 2.33. The van der Waals surface area contributed by atoms with Crippen molar-refractivity contribution in [1.82, 2.24) is 10.4 Å². The third-order valence-corrected chi connectivity index (χ3v) is 5.69. The Labute approximate surface area is 205 Å². The average molecular weight is 520 g/mol. The molecule has 1 N–H and O–H groups in total. The van der Waals surface area contributed by atoms with Crippen molar-refractivity contribution < 1.29 is 19.0 Å². The number of nitrogens with one attached hydrogen (secondary N) is 1. The fourth-order valence-corrected chi connectivity index (χ4v) is 3.91. The number of halogens is 1. The first-order valence-corrected chi connectivity index (χ1v) is 11.1. The van der Waals surface area contributed by atoms with Gasteiger partial charge in [0.2, 0.25) is 0 Å². The van der Waals surface area contributed by atoms with Gasteiger partial charge in [0.05, 0.1) is 44.3 Å². The number of carbonyl (C=O) groups excluding carboxylic acids is 1. The van der Waals surface area contributed by atoms with Crippen LogP contribution in [0, 0.1) is 0 Å². The van der Waals surface area contributed by atoms with Gasteiger partial charge in [-0.2, -0.15) is 5.10 Å². The van der Waals surface area contributed by atoms with Gasteiger partial charge in [-0.3, -0.25) is 4.79 Å². The zero-order valence-corrected chi connectivity index (χ0v) is 20.4. The summed E-state index contributed by atoms with van der Waals surface area (Å²) in [6, 6.07) is 20.3. The second-order valence-corrected chi connectivity index (χ2v) is 8.14. The van der Waals surface area contributed by atoms with E-state index in [4.69, 9.17) is 19.2 Å². The predicted octanol–water partition coefficient (Wildman–Crippen LogP) is 5.45. The second kappa shape index (κ2) is 10.4. The molecule has 3 aromatic carbocycles. The summed E-state index contributed by atoms with van der Waals surface area (Å²) < 4.78 is 17.0. The third-order valence-electron chi connectivity index (χ3n) is 5.20. The van der Waals surface area contributed by atoms with Crippen molar-refractivity contribution >= 4 is 39.0 Å². The average Bonchev–Trinajstić information content (AvgIpc) is 2.87. The van der Waals surface area contributed by atoms with Gasteiger partial charge >= 0.3 is 0 Å². The lowest BCUT2D eigenvalue weighted by atomic mass is 10.0. The lowest BCUT2D eigenvalue weighted by Crippen LogP contribution is -2.18. The summed E-state index contributed by atoms with van der Waals surface area (Å²) in [5.74, 6) is 1.48. The van der Waals surface area contributed by atoms with E-state index in [1.807, 2.05) is 54.6 Å². The van der Waals surface area contributed by atoms with Crippen molar-refractivity contribution in [2.75, 3.05) is 21.3 Å². The zero-order valence-electron chi connectivity index (χ0n) is 18.8. The minimum absolute atomic E-state index is 0.356. The van der Waals surface area contributed by atoms with E-state index in [0.29, 0.717) is 34.0 Å². The summed E-state index contributed by atoms with van der Waals surface area (Å²) in [6.45, 7) is 0.